The van der Waals surface area contributed by atoms with Crippen LogP contribution in [-0.2, 0) is 6.54 Å². The first-order valence-corrected chi connectivity index (χ1v) is 8.23. The summed E-state index contributed by atoms with van der Waals surface area (Å²) in [7, 11) is 0. The average molecular weight is 297 g/mol. The van der Waals surface area contributed by atoms with Crippen LogP contribution in [0.3, 0.4) is 0 Å². The van der Waals surface area contributed by atoms with Crippen LogP contribution in [0.4, 0.5) is 5.82 Å². The zero-order valence-electron chi connectivity index (χ0n) is 12.9. The maximum Gasteiger partial charge on any atom is 0.128 e. The van der Waals surface area contributed by atoms with E-state index < -0.39 is 0 Å². The van der Waals surface area contributed by atoms with Gasteiger partial charge in [0, 0.05) is 43.4 Å². The van der Waals surface area contributed by atoms with Crippen LogP contribution in [0.2, 0.25) is 0 Å². The van der Waals surface area contributed by atoms with E-state index in [0.29, 0.717) is 5.41 Å². The molecule has 0 aliphatic carbocycles. The highest BCUT2D eigenvalue weighted by Crippen LogP contribution is 2.40. The van der Waals surface area contributed by atoms with Gasteiger partial charge in [-0.25, -0.2) is 4.98 Å². The molecule has 22 heavy (non-hydrogen) atoms. The van der Waals surface area contributed by atoms with Gasteiger partial charge in [-0.2, -0.15) is 0 Å². The van der Waals surface area contributed by atoms with Crippen molar-refractivity contribution in [1.82, 2.24) is 9.88 Å². The molecule has 1 spiro atoms. The summed E-state index contributed by atoms with van der Waals surface area (Å²) in [5.41, 5.74) is 1.73. The second kappa shape index (κ2) is 5.76. The normalized spacial score (nSPS) is 25.9. The first kappa shape index (κ1) is 13.8. The van der Waals surface area contributed by atoms with Crippen molar-refractivity contribution in [2.24, 2.45) is 5.41 Å². The number of likely N-dealkylation sites (tertiary alicyclic amines) is 1. The van der Waals surface area contributed by atoms with E-state index in [1.165, 1.54) is 37.9 Å². The highest BCUT2D eigenvalue weighted by atomic mass is 16.3. The van der Waals surface area contributed by atoms with Crippen LogP contribution in [0.15, 0.2) is 47.4 Å². The maximum atomic E-state index is 5.19. The first-order chi connectivity index (χ1) is 10.8. The molecular formula is C18H23N3O. The highest BCUT2D eigenvalue weighted by Gasteiger charge is 2.41. The van der Waals surface area contributed by atoms with Gasteiger partial charge in [0.1, 0.15) is 5.82 Å². The Morgan fingerprint density at radius 2 is 2.14 bits per heavy atom. The molecule has 2 aliphatic heterocycles. The third kappa shape index (κ3) is 2.75. The van der Waals surface area contributed by atoms with Crippen LogP contribution in [0.25, 0.3) is 0 Å². The summed E-state index contributed by atoms with van der Waals surface area (Å²) in [5.74, 6) is 1.13. The van der Waals surface area contributed by atoms with Gasteiger partial charge in [0.05, 0.1) is 12.5 Å². The second-order valence-corrected chi connectivity index (χ2v) is 6.81. The molecule has 116 valence electrons. The molecular weight excluding hydrogens is 274 g/mol. The Morgan fingerprint density at radius 3 is 2.95 bits per heavy atom. The first-order valence-electron chi connectivity index (χ1n) is 8.23. The van der Waals surface area contributed by atoms with Gasteiger partial charge < -0.3 is 9.32 Å². The lowest BCUT2D eigenvalue weighted by molar-refractivity contribution is 0.216. The van der Waals surface area contributed by atoms with Crippen LogP contribution in [-0.4, -0.2) is 36.1 Å². The number of rotatable bonds is 3. The van der Waals surface area contributed by atoms with Crippen molar-refractivity contribution in [2.45, 2.75) is 25.8 Å². The van der Waals surface area contributed by atoms with Crippen molar-refractivity contribution in [3.8, 4) is 0 Å². The summed E-state index contributed by atoms with van der Waals surface area (Å²) >= 11 is 0. The van der Waals surface area contributed by atoms with Gasteiger partial charge in [0.25, 0.3) is 0 Å². The Balaban J connectivity index is 1.43. The number of aromatic nitrogens is 1. The molecule has 4 nitrogen and oxygen atoms in total. The van der Waals surface area contributed by atoms with E-state index in [4.69, 9.17) is 4.42 Å². The molecule has 0 aromatic carbocycles. The van der Waals surface area contributed by atoms with Crippen molar-refractivity contribution in [2.75, 3.05) is 31.1 Å². The van der Waals surface area contributed by atoms with E-state index in [0.717, 1.165) is 25.5 Å². The van der Waals surface area contributed by atoms with Crippen LogP contribution >= 0.6 is 0 Å². The molecule has 2 aromatic heterocycles. The van der Waals surface area contributed by atoms with Gasteiger partial charge >= 0.3 is 0 Å². The Labute approximate surface area is 131 Å². The molecule has 0 radical (unpaired) electrons. The van der Waals surface area contributed by atoms with Crippen molar-refractivity contribution in [1.29, 1.82) is 0 Å². The predicted molar refractivity (Wildman–Crippen MR) is 86.7 cm³/mol. The molecule has 0 bridgehead atoms. The Hall–Kier alpha value is -1.81. The van der Waals surface area contributed by atoms with Crippen LogP contribution in [0, 0.1) is 5.41 Å². The predicted octanol–water partition coefficient (Wildman–Crippen LogP) is 3.17. The molecule has 1 unspecified atom stereocenters. The molecule has 2 fully saturated rings. The van der Waals surface area contributed by atoms with Crippen molar-refractivity contribution < 1.29 is 4.42 Å². The van der Waals surface area contributed by atoms with E-state index in [1.54, 1.807) is 6.26 Å². The SMILES string of the molecule is c1ccc(N2CCCC3(CCN(Cc4ccoc4)C3)C2)nc1. The smallest absolute Gasteiger partial charge is 0.128 e. The summed E-state index contributed by atoms with van der Waals surface area (Å²) in [4.78, 5) is 9.59. The molecule has 0 saturated carbocycles. The van der Waals surface area contributed by atoms with Gasteiger partial charge in [0.2, 0.25) is 0 Å². The number of hydrogen-bond donors (Lipinski definition) is 0. The van der Waals surface area contributed by atoms with Crippen molar-refractivity contribution in [3.05, 3.63) is 48.6 Å². The molecule has 2 aromatic rings. The second-order valence-electron chi connectivity index (χ2n) is 6.81. The molecule has 2 aliphatic rings. The molecule has 2 saturated heterocycles. The molecule has 4 heterocycles. The van der Waals surface area contributed by atoms with E-state index in [2.05, 4.69) is 33.0 Å². The van der Waals surface area contributed by atoms with E-state index in [-0.39, 0.29) is 0 Å². The van der Waals surface area contributed by atoms with Crippen LogP contribution < -0.4 is 4.90 Å². The number of nitrogens with zero attached hydrogens (tertiary/aromatic N) is 3. The lowest BCUT2D eigenvalue weighted by Gasteiger charge is -2.41. The summed E-state index contributed by atoms with van der Waals surface area (Å²) in [6, 6.07) is 8.29. The molecule has 0 amide bonds. The molecule has 4 heteroatoms. The van der Waals surface area contributed by atoms with Gasteiger partial charge in [-0.15, -0.1) is 0 Å². The van der Waals surface area contributed by atoms with Gasteiger partial charge in [-0.1, -0.05) is 6.07 Å². The number of furan rings is 1. The van der Waals surface area contributed by atoms with Gasteiger partial charge in [-0.3, -0.25) is 4.90 Å². The Bertz CT molecular complexity index is 598. The maximum absolute atomic E-state index is 5.19. The fourth-order valence-corrected chi connectivity index (χ4v) is 4.08. The lowest BCUT2D eigenvalue weighted by Crippen LogP contribution is -2.45. The zero-order chi connectivity index (χ0) is 14.8. The van der Waals surface area contributed by atoms with Gasteiger partial charge in [-0.05, 0) is 44.0 Å². The van der Waals surface area contributed by atoms with E-state index in [1.807, 2.05) is 18.5 Å². The summed E-state index contributed by atoms with van der Waals surface area (Å²) < 4.78 is 5.19. The Kier molecular flexibility index (Phi) is 3.62. The average Bonchev–Trinajstić information content (AvgIpc) is 3.20. The third-order valence-corrected chi connectivity index (χ3v) is 5.14. The van der Waals surface area contributed by atoms with E-state index >= 15 is 0 Å². The third-order valence-electron chi connectivity index (χ3n) is 5.14. The fraction of sp³-hybridized carbons (Fsp3) is 0.500. The minimum Gasteiger partial charge on any atom is -0.472 e. The van der Waals surface area contributed by atoms with Crippen LogP contribution in [0.1, 0.15) is 24.8 Å². The number of hydrogen-bond acceptors (Lipinski definition) is 4. The number of piperidine rings is 1. The Morgan fingerprint density at radius 1 is 1.14 bits per heavy atom. The topological polar surface area (TPSA) is 32.5 Å². The lowest BCUT2D eigenvalue weighted by atomic mass is 9.79. The molecule has 1 atom stereocenters. The van der Waals surface area contributed by atoms with Crippen molar-refractivity contribution >= 4 is 5.82 Å². The zero-order valence-corrected chi connectivity index (χ0v) is 12.9. The summed E-state index contributed by atoms with van der Waals surface area (Å²) in [6.45, 7) is 5.69. The molecule has 0 N–H and O–H groups in total. The van der Waals surface area contributed by atoms with Crippen LogP contribution in [0.5, 0.6) is 0 Å². The highest BCUT2D eigenvalue weighted by molar-refractivity contribution is 5.39. The van der Waals surface area contributed by atoms with E-state index in [9.17, 15) is 0 Å². The largest absolute Gasteiger partial charge is 0.472 e. The summed E-state index contributed by atoms with van der Waals surface area (Å²) in [5, 5.41) is 0. The fourth-order valence-electron chi connectivity index (χ4n) is 4.08. The minimum atomic E-state index is 0.444. The number of pyridine rings is 1. The number of anilines is 1. The monoisotopic (exact) mass is 297 g/mol. The van der Waals surface area contributed by atoms with Gasteiger partial charge in [0.15, 0.2) is 0 Å². The minimum absolute atomic E-state index is 0.444. The standard InChI is InChI=1S/C18H23N3O/c1-2-8-19-17(4-1)21-9-3-6-18(15-21)7-10-20(14-18)12-16-5-11-22-13-16/h1-2,4-5,8,11,13H,3,6-7,9-10,12,14-15H2. The summed E-state index contributed by atoms with van der Waals surface area (Å²) in [6.07, 6.45) is 9.45. The quantitative estimate of drug-likeness (QED) is 0.871. The van der Waals surface area contributed by atoms with Crippen molar-refractivity contribution in [3.63, 3.8) is 0 Å². The molecule has 4 rings (SSSR count).